The highest BCUT2D eigenvalue weighted by Crippen LogP contribution is 2.25. The van der Waals surface area contributed by atoms with Gasteiger partial charge in [-0.25, -0.2) is 0 Å². The summed E-state index contributed by atoms with van der Waals surface area (Å²) in [5.41, 5.74) is 2.06. The highest BCUT2D eigenvalue weighted by atomic mass is 127. The molecule has 1 N–H and O–H groups in total. The van der Waals surface area contributed by atoms with E-state index in [1.54, 1.807) is 0 Å². The van der Waals surface area contributed by atoms with E-state index >= 15 is 0 Å². The quantitative estimate of drug-likeness (QED) is 0.296. The first-order valence-corrected chi connectivity index (χ1v) is 11.9. The molecule has 0 fully saturated rings. The monoisotopic (exact) mass is 536 g/mol. The normalized spacial score (nSPS) is 11.9. The highest BCUT2D eigenvalue weighted by molar-refractivity contribution is 14.1. The molecule has 0 radical (unpaired) electrons. The summed E-state index contributed by atoms with van der Waals surface area (Å²) in [6.45, 7) is 6.82. The van der Waals surface area contributed by atoms with Crippen LogP contribution in [0, 0.1) is 3.57 Å². The molecule has 0 aliphatic rings. The summed E-state index contributed by atoms with van der Waals surface area (Å²) in [4.78, 5) is 12.3. The van der Waals surface area contributed by atoms with Gasteiger partial charge in [-0.1, -0.05) is 30.8 Å². The third-order valence-electron chi connectivity index (χ3n) is 4.53. The van der Waals surface area contributed by atoms with E-state index in [9.17, 15) is 4.79 Å². The average molecular weight is 536 g/mol. The van der Waals surface area contributed by atoms with Gasteiger partial charge in [0, 0.05) is 15.8 Å². The van der Waals surface area contributed by atoms with Gasteiger partial charge in [0.2, 0.25) is 5.91 Å². The molecule has 2 aromatic carbocycles. The molecule has 3 aromatic rings. The summed E-state index contributed by atoms with van der Waals surface area (Å²) in [5.74, 6) is 1.74. The van der Waals surface area contributed by atoms with Crippen molar-refractivity contribution in [1.29, 1.82) is 0 Å². The van der Waals surface area contributed by atoms with Crippen LogP contribution < -0.4 is 10.1 Å². The van der Waals surface area contributed by atoms with E-state index in [1.165, 1.54) is 17.3 Å². The zero-order chi connectivity index (χ0) is 21.5. The van der Waals surface area contributed by atoms with Crippen LogP contribution in [-0.4, -0.2) is 26.4 Å². The van der Waals surface area contributed by atoms with Crippen molar-refractivity contribution < 1.29 is 9.53 Å². The average Bonchev–Trinajstić information content (AvgIpc) is 3.17. The van der Waals surface area contributed by atoms with Gasteiger partial charge in [0.25, 0.3) is 0 Å². The van der Waals surface area contributed by atoms with Crippen LogP contribution in [0.1, 0.15) is 38.3 Å². The minimum atomic E-state index is -0.250. The van der Waals surface area contributed by atoms with Crippen molar-refractivity contribution in [2.45, 2.75) is 45.0 Å². The Hall–Kier alpha value is -2.07. The van der Waals surface area contributed by atoms with Gasteiger partial charge in [0.1, 0.15) is 5.75 Å². The Kier molecular flexibility index (Phi) is 8.15. The van der Waals surface area contributed by atoms with Crippen LogP contribution >= 0.6 is 34.4 Å². The van der Waals surface area contributed by atoms with Gasteiger partial charge < -0.3 is 14.6 Å². The van der Waals surface area contributed by atoms with E-state index in [1.807, 2.05) is 54.8 Å². The second-order valence-electron chi connectivity index (χ2n) is 6.69. The van der Waals surface area contributed by atoms with Crippen molar-refractivity contribution in [2.24, 2.45) is 0 Å². The molecule has 0 aliphatic carbocycles. The second kappa shape index (κ2) is 10.8. The van der Waals surface area contributed by atoms with Crippen molar-refractivity contribution >= 4 is 45.9 Å². The number of nitrogens with one attached hydrogen (secondary N) is 1. The first-order valence-electron chi connectivity index (χ1n) is 9.87. The van der Waals surface area contributed by atoms with E-state index in [4.69, 9.17) is 4.74 Å². The predicted octanol–water partition coefficient (Wildman–Crippen LogP) is 5.34. The summed E-state index contributed by atoms with van der Waals surface area (Å²) in [7, 11) is 0. The van der Waals surface area contributed by atoms with Crippen LogP contribution in [0.4, 0.5) is 5.69 Å². The Bertz CT molecular complexity index is 974. The van der Waals surface area contributed by atoms with Crippen LogP contribution in [0.25, 0.3) is 0 Å². The number of hydrogen-bond acceptors (Lipinski definition) is 5. The molecule has 1 aromatic heterocycles. The lowest BCUT2D eigenvalue weighted by Gasteiger charge is -2.16. The number of anilines is 1. The van der Waals surface area contributed by atoms with E-state index in [-0.39, 0.29) is 17.8 Å². The van der Waals surface area contributed by atoms with Crippen LogP contribution in [-0.2, 0) is 17.8 Å². The van der Waals surface area contributed by atoms with Crippen LogP contribution in [0.3, 0.4) is 0 Å². The predicted molar refractivity (Wildman–Crippen MR) is 129 cm³/mol. The molecule has 0 bridgehead atoms. The molecular formula is C22H25IN4O2S. The molecular weight excluding hydrogens is 511 g/mol. The number of aromatic nitrogens is 3. The summed E-state index contributed by atoms with van der Waals surface area (Å²) >= 11 is 3.61. The van der Waals surface area contributed by atoms with E-state index in [2.05, 4.69) is 57.2 Å². The molecule has 3 rings (SSSR count). The first kappa shape index (κ1) is 22.6. The number of ether oxygens (including phenoxy) is 1. The summed E-state index contributed by atoms with van der Waals surface area (Å²) in [5, 5.41) is 12.2. The molecule has 0 saturated heterocycles. The number of benzene rings is 2. The molecule has 1 amide bonds. The van der Waals surface area contributed by atoms with Crippen molar-refractivity contribution in [3.05, 3.63) is 63.5 Å². The van der Waals surface area contributed by atoms with Crippen molar-refractivity contribution in [3.63, 3.8) is 0 Å². The lowest BCUT2D eigenvalue weighted by molar-refractivity contribution is -0.113. The number of carbonyl (C=O) groups is 1. The van der Waals surface area contributed by atoms with Gasteiger partial charge in [0.05, 0.1) is 5.75 Å². The third kappa shape index (κ3) is 5.98. The molecule has 8 heteroatoms. The van der Waals surface area contributed by atoms with Crippen LogP contribution in [0.2, 0.25) is 0 Å². The Balaban J connectivity index is 1.61. The topological polar surface area (TPSA) is 69.0 Å². The molecule has 158 valence electrons. The lowest BCUT2D eigenvalue weighted by Crippen LogP contribution is -2.15. The van der Waals surface area contributed by atoms with Gasteiger partial charge in [-0.15, -0.1) is 10.2 Å². The molecule has 0 unspecified atom stereocenters. The zero-order valence-corrected chi connectivity index (χ0v) is 20.2. The summed E-state index contributed by atoms with van der Waals surface area (Å²) < 4.78 is 9.18. The molecule has 0 spiro atoms. The van der Waals surface area contributed by atoms with Crippen molar-refractivity contribution in [3.8, 4) is 5.75 Å². The van der Waals surface area contributed by atoms with Crippen molar-refractivity contribution in [2.75, 3.05) is 11.1 Å². The fourth-order valence-electron chi connectivity index (χ4n) is 2.93. The van der Waals surface area contributed by atoms with E-state index in [0.717, 1.165) is 27.3 Å². The van der Waals surface area contributed by atoms with Gasteiger partial charge in [-0.05, 0) is 84.8 Å². The Labute approximate surface area is 195 Å². The SMILES string of the molecule is CCc1ccc(O[C@@H](C)c2nnc(SCC(=O)Nc3ccc(I)cc3)n2CC)cc1. The third-order valence-corrected chi connectivity index (χ3v) is 6.22. The fraction of sp³-hybridized carbons (Fsp3) is 0.318. The fourth-order valence-corrected chi connectivity index (χ4v) is 4.09. The number of hydrogen-bond donors (Lipinski definition) is 1. The number of amides is 1. The van der Waals surface area contributed by atoms with Gasteiger partial charge >= 0.3 is 0 Å². The number of nitrogens with zero attached hydrogens (tertiary/aromatic N) is 3. The Morgan fingerprint density at radius 3 is 2.47 bits per heavy atom. The Morgan fingerprint density at radius 2 is 1.83 bits per heavy atom. The van der Waals surface area contributed by atoms with E-state index < -0.39 is 0 Å². The molecule has 6 nitrogen and oxygen atoms in total. The van der Waals surface area contributed by atoms with Crippen LogP contribution in [0.5, 0.6) is 5.75 Å². The van der Waals surface area contributed by atoms with Gasteiger partial charge in [-0.3, -0.25) is 4.79 Å². The van der Waals surface area contributed by atoms with Gasteiger partial charge in [-0.2, -0.15) is 0 Å². The van der Waals surface area contributed by atoms with Crippen molar-refractivity contribution in [1.82, 2.24) is 14.8 Å². The standard InChI is InChI=1S/C22H25IN4O2S/c1-4-16-6-12-19(13-7-16)29-15(3)21-25-26-22(27(21)5-2)30-14-20(28)24-18-10-8-17(23)9-11-18/h6-13,15H,4-5,14H2,1-3H3,(H,24,28)/t15-/m0/s1. The minimum absolute atomic E-state index is 0.0753. The highest BCUT2D eigenvalue weighted by Gasteiger charge is 2.19. The molecule has 1 heterocycles. The molecule has 0 aliphatic heterocycles. The maximum atomic E-state index is 12.3. The van der Waals surface area contributed by atoms with E-state index in [0.29, 0.717) is 11.7 Å². The first-order chi connectivity index (χ1) is 14.5. The van der Waals surface area contributed by atoms with Gasteiger partial charge in [0.15, 0.2) is 17.1 Å². The number of aryl methyl sites for hydroxylation is 1. The number of halogens is 1. The largest absolute Gasteiger partial charge is 0.483 e. The number of rotatable bonds is 9. The maximum absolute atomic E-state index is 12.3. The minimum Gasteiger partial charge on any atom is -0.483 e. The summed E-state index contributed by atoms with van der Waals surface area (Å²) in [6.07, 6.45) is 0.748. The summed E-state index contributed by atoms with van der Waals surface area (Å²) in [6, 6.07) is 15.8. The molecule has 0 saturated carbocycles. The lowest BCUT2D eigenvalue weighted by atomic mass is 10.2. The second-order valence-corrected chi connectivity index (χ2v) is 8.87. The smallest absolute Gasteiger partial charge is 0.234 e. The number of thioether (sulfide) groups is 1. The molecule has 1 atom stereocenters. The van der Waals surface area contributed by atoms with Crippen LogP contribution in [0.15, 0.2) is 53.7 Å². The maximum Gasteiger partial charge on any atom is 0.234 e. The number of carbonyl (C=O) groups excluding carboxylic acids is 1. The Morgan fingerprint density at radius 1 is 1.13 bits per heavy atom. The zero-order valence-electron chi connectivity index (χ0n) is 17.3. The molecule has 30 heavy (non-hydrogen) atoms.